The van der Waals surface area contributed by atoms with Crippen LogP contribution in [0.25, 0.3) is 0 Å². The second kappa shape index (κ2) is 18.7. The predicted molar refractivity (Wildman–Crippen MR) is 91.3 cm³/mol. The molecule has 0 spiro atoms. The highest BCUT2D eigenvalue weighted by atomic mass is 16.5. The Morgan fingerprint density at radius 3 is 1.95 bits per heavy atom. The van der Waals surface area contributed by atoms with Gasteiger partial charge in [-0.3, -0.25) is 4.79 Å². The lowest BCUT2D eigenvalue weighted by Crippen LogP contribution is -1.91. The molecule has 0 saturated heterocycles. The molecule has 0 aliphatic heterocycles. The highest BCUT2D eigenvalue weighted by Crippen LogP contribution is 2.07. The van der Waals surface area contributed by atoms with Gasteiger partial charge in [-0.05, 0) is 38.5 Å². The SMILES string of the molecule is CCC=CCC=CCC=CCCCCCCCCOC=O. The van der Waals surface area contributed by atoms with Gasteiger partial charge in [0.2, 0.25) is 0 Å². The van der Waals surface area contributed by atoms with Crippen molar-refractivity contribution in [1.29, 1.82) is 0 Å². The van der Waals surface area contributed by atoms with Crippen molar-refractivity contribution in [3.8, 4) is 0 Å². The zero-order chi connectivity index (χ0) is 15.4. The van der Waals surface area contributed by atoms with E-state index in [1.54, 1.807) is 0 Å². The Morgan fingerprint density at radius 1 is 0.714 bits per heavy atom. The van der Waals surface area contributed by atoms with Gasteiger partial charge in [-0.25, -0.2) is 0 Å². The van der Waals surface area contributed by atoms with Crippen LogP contribution in [0.3, 0.4) is 0 Å². The third-order valence-electron chi connectivity index (χ3n) is 3.23. The minimum atomic E-state index is 0.531. The maximum Gasteiger partial charge on any atom is 0.293 e. The second-order valence-corrected chi connectivity index (χ2v) is 5.17. The van der Waals surface area contributed by atoms with E-state index in [1.165, 1.54) is 38.5 Å². The van der Waals surface area contributed by atoms with Crippen LogP contribution in [0.5, 0.6) is 0 Å². The van der Waals surface area contributed by atoms with Crippen LogP contribution in [0.1, 0.15) is 71.1 Å². The zero-order valence-electron chi connectivity index (χ0n) is 13.6. The van der Waals surface area contributed by atoms with Gasteiger partial charge in [-0.2, -0.15) is 0 Å². The van der Waals surface area contributed by atoms with E-state index in [0.717, 1.165) is 25.7 Å². The van der Waals surface area contributed by atoms with Crippen LogP contribution in [-0.4, -0.2) is 13.1 Å². The maximum absolute atomic E-state index is 9.93. The lowest BCUT2D eigenvalue weighted by molar-refractivity contribution is -0.128. The Labute approximate surface area is 131 Å². The molecule has 0 aromatic carbocycles. The number of allylic oxidation sites excluding steroid dienone is 6. The Balaban J connectivity index is 3.18. The molecule has 0 aromatic rings. The monoisotopic (exact) mass is 292 g/mol. The molecule has 0 aromatic heterocycles. The van der Waals surface area contributed by atoms with Crippen LogP contribution in [0.15, 0.2) is 36.5 Å². The Kier molecular flexibility index (Phi) is 17.5. The van der Waals surface area contributed by atoms with E-state index in [0.29, 0.717) is 13.1 Å². The van der Waals surface area contributed by atoms with Gasteiger partial charge in [-0.1, -0.05) is 69.1 Å². The first-order valence-corrected chi connectivity index (χ1v) is 8.42. The van der Waals surface area contributed by atoms with Crippen LogP contribution in [0.2, 0.25) is 0 Å². The van der Waals surface area contributed by atoms with Crippen molar-refractivity contribution < 1.29 is 9.53 Å². The number of hydrogen-bond donors (Lipinski definition) is 0. The summed E-state index contributed by atoms with van der Waals surface area (Å²) in [6, 6.07) is 0. The predicted octanol–water partition coefficient (Wildman–Crippen LogP) is 5.75. The van der Waals surface area contributed by atoms with Crippen molar-refractivity contribution >= 4 is 6.47 Å². The fourth-order valence-corrected chi connectivity index (χ4v) is 2.03. The molecule has 2 heteroatoms. The quantitative estimate of drug-likeness (QED) is 0.218. The van der Waals surface area contributed by atoms with Gasteiger partial charge in [0.25, 0.3) is 6.47 Å². The normalized spacial score (nSPS) is 11.9. The van der Waals surface area contributed by atoms with Gasteiger partial charge >= 0.3 is 0 Å². The summed E-state index contributed by atoms with van der Waals surface area (Å²) in [5, 5.41) is 0. The molecule has 0 aliphatic rings. The summed E-state index contributed by atoms with van der Waals surface area (Å²) in [6.45, 7) is 3.27. The molecular weight excluding hydrogens is 260 g/mol. The van der Waals surface area contributed by atoms with Gasteiger partial charge in [0.05, 0.1) is 6.61 Å². The average Bonchev–Trinajstić information content (AvgIpc) is 2.50. The molecule has 0 amide bonds. The number of ether oxygens (including phenoxy) is 1. The van der Waals surface area contributed by atoms with Crippen LogP contribution in [0, 0.1) is 0 Å². The summed E-state index contributed by atoms with van der Waals surface area (Å²) in [7, 11) is 0. The van der Waals surface area contributed by atoms with Crippen LogP contribution >= 0.6 is 0 Å². The van der Waals surface area contributed by atoms with E-state index in [4.69, 9.17) is 0 Å². The largest absolute Gasteiger partial charge is 0.468 e. The van der Waals surface area contributed by atoms with Gasteiger partial charge in [0.1, 0.15) is 0 Å². The van der Waals surface area contributed by atoms with Crippen molar-refractivity contribution in [1.82, 2.24) is 0 Å². The fourth-order valence-electron chi connectivity index (χ4n) is 2.03. The van der Waals surface area contributed by atoms with Crippen molar-refractivity contribution in [3.63, 3.8) is 0 Å². The molecular formula is C19H32O2. The lowest BCUT2D eigenvalue weighted by atomic mass is 10.1. The van der Waals surface area contributed by atoms with Gasteiger partial charge in [0.15, 0.2) is 0 Å². The van der Waals surface area contributed by atoms with Gasteiger partial charge in [0, 0.05) is 0 Å². The molecule has 0 fully saturated rings. The number of rotatable bonds is 15. The summed E-state index contributed by atoms with van der Waals surface area (Å²) >= 11 is 0. The molecule has 0 saturated carbocycles. The van der Waals surface area contributed by atoms with E-state index in [9.17, 15) is 4.79 Å². The third kappa shape index (κ3) is 18.7. The first-order chi connectivity index (χ1) is 10.4. The maximum atomic E-state index is 9.93. The van der Waals surface area contributed by atoms with E-state index >= 15 is 0 Å². The Hall–Kier alpha value is -1.31. The fraction of sp³-hybridized carbons (Fsp3) is 0.632. The van der Waals surface area contributed by atoms with Crippen LogP contribution in [-0.2, 0) is 9.53 Å². The Bertz CT molecular complexity index is 290. The van der Waals surface area contributed by atoms with Crippen molar-refractivity contribution in [2.75, 3.05) is 6.61 Å². The molecule has 21 heavy (non-hydrogen) atoms. The average molecular weight is 292 g/mol. The summed E-state index contributed by atoms with van der Waals surface area (Å²) < 4.78 is 4.65. The van der Waals surface area contributed by atoms with Crippen molar-refractivity contribution in [2.45, 2.75) is 71.1 Å². The molecule has 0 N–H and O–H groups in total. The minimum Gasteiger partial charge on any atom is -0.468 e. The summed E-state index contributed by atoms with van der Waals surface area (Å²) in [4.78, 5) is 9.93. The second-order valence-electron chi connectivity index (χ2n) is 5.17. The highest BCUT2D eigenvalue weighted by Gasteiger charge is 1.91. The van der Waals surface area contributed by atoms with Crippen LogP contribution < -0.4 is 0 Å². The number of carbonyl (C=O) groups is 1. The van der Waals surface area contributed by atoms with Crippen molar-refractivity contribution in [3.05, 3.63) is 36.5 Å². The summed E-state index contributed by atoms with van der Waals surface area (Å²) in [5.41, 5.74) is 0. The first-order valence-electron chi connectivity index (χ1n) is 8.42. The standard InChI is InChI=1S/C19H32O2/c1-2-3-4-5-6-7-8-9-10-11-12-13-14-15-16-17-18-21-19-20/h3-4,6-7,9-10,19H,2,5,8,11-18H2,1H3. The first kappa shape index (κ1) is 19.7. The minimum absolute atomic E-state index is 0.531. The molecule has 0 unspecified atom stereocenters. The van der Waals surface area contributed by atoms with Gasteiger partial charge in [-0.15, -0.1) is 0 Å². The van der Waals surface area contributed by atoms with Crippen LogP contribution in [0.4, 0.5) is 0 Å². The van der Waals surface area contributed by atoms with E-state index in [-0.39, 0.29) is 0 Å². The van der Waals surface area contributed by atoms with E-state index in [2.05, 4.69) is 48.1 Å². The Morgan fingerprint density at radius 2 is 1.29 bits per heavy atom. The summed E-state index contributed by atoms with van der Waals surface area (Å²) in [6.07, 6.45) is 25.2. The number of hydrogen-bond acceptors (Lipinski definition) is 2. The molecule has 0 aliphatic carbocycles. The smallest absolute Gasteiger partial charge is 0.293 e. The summed E-state index contributed by atoms with van der Waals surface area (Å²) in [5.74, 6) is 0. The molecule has 0 radical (unpaired) electrons. The van der Waals surface area contributed by atoms with E-state index in [1.807, 2.05) is 0 Å². The molecule has 2 nitrogen and oxygen atoms in total. The van der Waals surface area contributed by atoms with Crippen molar-refractivity contribution in [2.24, 2.45) is 0 Å². The third-order valence-corrected chi connectivity index (χ3v) is 3.23. The molecule has 0 heterocycles. The zero-order valence-corrected chi connectivity index (χ0v) is 13.6. The molecule has 0 rings (SSSR count). The highest BCUT2D eigenvalue weighted by molar-refractivity contribution is 5.36. The topological polar surface area (TPSA) is 26.3 Å². The number of unbranched alkanes of at least 4 members (excludes halogenated alkanes) is 6. The lowest BCUT2D eigenvalue weighted by Gasteiger charge is -2.00. The molecule has 0 bridgehead atoms. The molecule has 120 valence electrons. The van der Waals surface area contributed by atoms with E-state index < -0.39 is 0 Å². The van der Waals surface area contributed by atoms with Gasteiger partial charge < -0.3 is 4.74 Å². The molecule has 0 atom stereocenters. The number of carbonyl (C=O) groups excluding carboxylic acids is 1.